The summed E-state index contributed by atoms with van der Waals surface area (Å²) in [5.41, 5.74) is 2.44. The highest BCUT2D eigenvalue weighted by Crippen LogP contribution is 2.32. The molecule has 21 heavy (non-hydrogen) atoms. The van der Waals surface area contributed by atoms with Crippen molar-refractivity contribution in [2.45, 2.75) is 13.3 Å². The lowest BCUT2D eigenvalue weighted by Crippen LogP contribution is -2.29. The molecule has 0 aliphatic carbocycles. The highest BCUT2D eigenvalue weighted by molar-refractivity contribution is 6.06. The van der Waals surface area contributed by atoms with E-state index in [2.05, 4.69) is 9.97 Å². The Balaban J connectivity index is 1.96. The molecule has 7 heteroatoms. The fourth-order valence-corrected chi connectivity index (χ4v) is 2.33. The predicted octanol–water partition coefficient (Wildman–Crippen LogP) is 1.90. The summed E-state index contributed by atoms with van der Waals surface area (Å²) in [6.07, 6.45) is 3.63. The van der Waals surface area contributed by atoms with Gasteiger partial charge in [0.15, 0.2) is 0 Å². The molecule has 0 radical (unpaired) electrons. The molecule has 1 aliphatic heterocycles. The predicted molar refractivity (Wildman–Crippen MR) is 75.2 cm³/mol. The lowest BCUT2D eigenvalue weighted by molar-refractivity contribution is -0.384. The fraction of sp³-hybridized carbons (Fsp3) is 0.214. The van der Waals surface area contributed by atoms with Crippen molar-refractivity contribution in [1.29, 1.82) is 0 Å². The number of hydrogen-bond acceptors (Lipinski definition) is 5. The van der Waals surface area contributed by atoms with Crippen LogP contribution >= 0.6 is 0 Å². The first kappa shape index (κ1) is 13.2. The Morgan fingerprint density at radius 3 is 2.81 bits per heavy atom. The smallest absolute Gasteiger partial charge is 0.278 e. The molecule has 0 atom stereocenters. The second-order valence-corrected chi connectivity index (χ2v) is 4.82. The van der Waals surface area contributed by atoms with Crippen molar-refractivity contribution in [1.82, 2.24) is 9.97 Å². The van der Waals surface area contributed by atoms with E-state index in [1.807, 2.05) is 0 Å². The van der Waals surface area contributed by atoms with Crippen molar-refractivity contribution < 1.29 is 9.72 Å². The van der Waals surface area contributed by atoms with Gasteiger partial charge in [-0.3, -0.25) is 19.9 Å². The van der Waals surface area contributed by atoms with Gasteiger partial charge < -0.3 is 4.90 Å². The van der Waals surface area contributed by atoms with Gasteiger partial charge in [0.2, 0.25) is 0 Å². The maximum Gasteiger partial charge on any atom is 0.278 e. The van der Waals surface area contributed by atoms with E-state index in [-0.39, 0.29) is 17.3 Å². The molecule has 106 valence electrons. The Bertz CT molecular complexity index is 727. The third kappa shape index (κ3) is 2.33. The van der Waals surface area contributed by atoms with Crippen LogP contribution in [0.3, 0.4) is 0 Å². The number of hydrogen-bond donors (Lipinski definition) is 0. The molecule has 1 aromatic carbocycles. The van der Waals surface area contributed by atoms with E-state index in [1.165, 1.54) is 29.4 Å². The van der Waals surface area contributed by atoms with Crippen LogP contribution < -0.4 is 4.90 Å². The van der Waals surface area contributed by atoms with Crippen LogP contribution in [-0.2, 0) is 6.42 Å². The second-order valence-electron chi connectivity index (χ2n) is 4.82. The Morgan fingerprint density at radius 2 is 2.14 bits per heavy atom. The molecule has 0 N–H and O–H groups in total. The van der Waals surface area contributed by atoms with E-state index < -0.39 is 4.92 Å². The minimum atomic E-state index is -0.465. The van der Waals surface area contributed by atoms with Gasteiger partial charge in [-0.25, -0.2) is 4.98 Å². The number of nitrogens with zero attached hydrogens (tertiary/aromatic N) is 4. The van der Waals surface area contributed by atoms with Crippen LogP contribution in [0, 0.1) is 17.0 Å². The van der Waals surface area contributed by atoms with E-state index in [1.54, 1.807) is 13.0 Å². The summed E-state index contributed by atoms with van der Waals surface area (Å²) in [4.78, 5) is 32.5. The van der Waals surface area contributed by atoms with Crippen LogP contribution in [-0.4, -0.2) is 27.3 Å². The van der Waals surface area contributed by atoms with Crippen LogP contribution in [0.25, 0.3) is 0 Å². The normalized spacial score (nSPS) is 13.1. The van der Waals surface area contributed by atoms with Gasteiger partial charge in [-0.2, -0.15) is 0 Å². The van der Waals surface area contributed by atoms with Gasteiger partial charge in [-0.05, 0) is 18.9 Å². The molecular formula is C14H12N4O3. The SMILES string of the molecule is Cc1cnc(C(=O)N2CCc3ccc([N+](=O)[O-])cc32)cn1. The Morgan fingerprint density at radius 1 is 1.33 bits per heavy atom. The monoisotopic (exact) mass is 284 g/mol. The van der Waals surface area contributed by atoms with Crippen molar-refractivity contribution in [3.63, 3.8) is 0 Å². The number of non-ortho nitro benzene ring substituents is 1. The first-order chi connectivity index (χ1) is 10.1. The zero-order valence-electron chi connectivity index (χ0n) is 11.3. The summed E-state index contributed by atoms with van der Waals surface area (Å²) in [6.45, 7) is 2.28. The molecule has 0 saturated carbocycles. The average Bonchev–Trinajstić information content (AvgIpc) is 2.90. The molecule has 1 amide bonds. The number of fused-ring (bicyclic) bond motifs is 1. The number of amides is 1. The Kier molecular flexibility index (Phi) is 3.09. The number of nitro benzene ring substituents is 1. The first-order valence-electron chi connectivity index (χ1n) is 6.44. The van der Waals surface area contributed by atoms with Crippen molar-refractivity contribution in [2.75, 3.05) is 11.4 Å². The number of benzene rings is 1. The number of rotatable bonds is 2. The highest BCUT2D eigenvalue weighted by Gasteiger charge is 2.28. The van der Waals surface area contributed by atoms with Crippen LogP contribution in [0.4, 0.5) is 11.4 Å². The number of carbonyl (C=O) groups is 1. The maximum atomic E-state index is 12.5. The van der Waals surface area contributed by atoms with E-state index in [4.69, 9.17) is 0 Å². The second kappa shape index (κ2) is 4.93. The average molecular weight is 284 g/mol. The molecule has 2 aromatic rings. The zero-order valence-corrected chi connectivity index (χ0v) is 11.3. The minimum absolute atomic E-state index is 0.0246. The summed E-state index contributed by atoms with van der Waals surface area (Å²) >= 11 is 0. The van der Waals surface area contributed by atoms with Crippen molar-refractivity contribution in [3.05, 3.63) is 57.7 Å². The van der Waals surface area contributed by atoms with Crippen LogP contribution in [0.15, 0.2) is 30.6 Å². The van der Waals surface area contributed by atoms with E-state index in [9.17, 15) is 14.9 Å². The third-order valence-corrected chi connectivity index (χ3v) is 3.42. The van der Waals surface area contributed by atoms with Crippen molar-refractivity contribution in [3.8, 4) is 0 Å². The van der Waals surface area contributed by atoms with Crippen LogP contribution in [0.5, 0.6) is 0 Å². The minimum Gasteiger partial charge on any atom is -0.306 e. The van der Waals surface area contributed by atoms with E-state index in [0.717, 1.165) is 11.3 Å². The largest absolute Gasteiger partial charge is 0.306 e. The summed E-state index contributed by atoms with van der Waals surface area (Å²) in [5, 5.41) is 10.9. The summed E-state index contributed by atoms with van der Waals surface area (Å²) in [5.74, 6) is -0.290. The molecular weight excluding hydrogens is 272 g/mol. The quantitative estimate of drug-likeness (QED) is 0.620. The molecule has 2 heterocycles. The molecule has 0 unspecified atom stereocenters. The topological polar surface area (TPSA) is 89.2 Å². The molecule has 1 aliphatic rings. The Hall–Kier alpha value is -2.83. The van der Waals surface area contributed by atoms with Gasteiger partial charge >= 0.3 is 0 Å². The van der Waals surface area contributed by atoms with Gasteiger partial charge in [0, 0.05) is 24.9 Å². The van der Waals surface area contributed by atoms with E-state index in [0.29, 0.717) is 18.7 Å². The fourth-order valence-electron chi connectivity index (χ4n) is 2.33. The summed E-state index contributed by atoms with van der Waals surface area (Å²) < 4.78 is 0. The molecule has 0 fully saturated rings. The number of anilines is 1. The maximum absolute atomic E-state index is 12.5. The van der Waals surface area contributed by atoms with Gasteiger partial charge in [-0.15, -0.1) is 0 Å². The molecule has 1 aromatic heterocycles. The first-order valence-corrected chi connectivity index (χ1v) is 6.44. The van der Waals surface area contributed by atoms with E-state index >= 15 is 0 Å². The molecule has 0 bridgehead atoms. The van der Waals surface area contributed by atoms with Crippen molar-refractivity contribution >= 4 is 17.3 Å². The lowest BCUT2D eigenvalue weighted by atomic mass is 10.1. The molecule has 3 rings (SSSR count). The van der Waals surface area contributed by atoms with Gasteiger partial charge in [-0.1, -0.05) is 6.07 Å². The highest BCUT2D eigenvalue weighted by atomic mass is 16.6. The van der Waals surface area contributed by atoms with Gasteiger partial charge in [0.1, 0.15) is 5.69 Å². The van der Waals surface area contributed by atoms with Crippen LogP contribution in [0.1, 0.15) is 21.7 Å². The molecule has 0 spiro atoms. The summed E-state index contributed by atoms with van der Waals surface area (Å²) in [6, 6.07) is 4.59. The molecule has 0 saturated heterocycles. The zero-order chi connectivity index (χ0) is 15.0. The summed E-state index contributed by atoms with van der Waals surface area (Å²) in [7, 11) is 0. The standard InChI is InChI=1S/C14H12N4O3/c1-9-7-16-12(8-15-9)14(19)17-5-4-10-2-3-11(18(20)21)6-13(10)17/h2-3,6-8H,4-5H2,1H3. The molecule has 7 nitrogen and oxygen atoms in total. The number of carbonyl (C=O) groups excluding carboxylic acids is 1. The number of aromatic nitrogens is 2. The third-order valence-electron chi connectivity index (χ3n) is 3.42. The van der Waals surface area contributed by atoms with Crippen molar-refractivity contribution in [2.24, 2.45) is 0 Å². The Labute approximate surface area is 120 Å². The van der Waals surface area contributed by atoms with Crippen LogP contribution in [0.2, 0.25) is 0 Å². The van der Waals surface area contributed by atoms with Gasteiger partial charge in [0.25, 0.3) is 11.6 Å². The van der Waals surface area contributed by atoms with Gasteiger partial charge in [0.05, 0.1) is 22.5 Å². The number of aryl methyl sites for hydroxylation is 1. The number of nitro groups is 1. The lowest BCUT2D eigenvalue weighted by Gasteiger charge is -2.16.